The Morgan fingerprint density at radius 2 is 2.10 bits per heavy atom. The average Bonchev–Trinajstić information content (AvgIpc) is 2.35. The van der Waals surface area contributed by atoms with Crippen LogP contribution >= 0.6 is 0 Å². The first-order chi connectivity index (χ1) is 9.52. The number of hydrogen-bond acceptors (Lipinski definition) is 4. The largest absolute Gasteiger partial charge is 0.377 e. The number of anilines is 2. The number of carbonyl (C=O) groups is 1. The Morgan fingerprint density at radius 3 is 2.75 bits per heavy atom. The fraction of sp³-hybridized carbons (Fsp3) is 0.500. The van der Waals surface area contributed by atoms with Crippen LogP contribution in [-0.2, 0) is 11.2 Å². The number of rotatable bonds is 3. The molecule has 0 aromatic heterocycles. The molecule has 6 heteroatoms. The standard InChI is InChI=1S/C14H17N3O3/c1-8-4-10(5-8)15-12-7-11-9(2-3-14(18)16-11)6-13(12)17(19)20/h6-8,10,15H,2-5H2,1H3,(H,16,18). The van der Waals surface area contributed by atoms with Crippen molar-refractivity contribution in [2.75, 3.05) is 10.6 Å². The number of nitrogens with zero attached hydrogens (tertiary/aromatic N) is 1. The summed E-state index contributed by atoms with van der Waals surface area (Å²) in [7, 11) is 0. The number of aryl methyl sites for hydroxylation is 1. The third kappa shape index (κ3) is 2.33. The lowest BCUT2D eigenvalue weighted by Crippen LogP contribution is -2.34. The second-order valence-electron chi connectivity index (χ2n) is 5.75. The van der Waals surface area contributed by atoms with E-state index in [1.54, 1.807) is 12.1 Å². The van der Waals surface area contributed by atoms with Crippen molar-refractivity contribution in [2.24, 2.45) is 5.92 Å². The smallest absolute Gasteiger partial charge is 0.292 e. The summed E-state index contributed by atoms with van der Waals surface area (Å²) < 4.78 is 0. The van der Waals surface area contributed by atoms with Gasteiger partial charge >= 0.3 is 0 Å². The zero-order valence-electron chi connectivity index (χ0n) is 11.3. The monoisotopic (exact) mass is 275 g/mol. The molecule has 1 aromatic carbocycles. The highest BCUT2D eigenvalue weighted by Gasteiger charge is 2.29. The van der Waals surface area contributed by atoms with Crippen molar-refractivity contribution in [3.63, 3.8) is 0 Å². The molecule has 106 valence electrons. The second kappa shape index (κ2) is 4.77. The lowest BCUT2D eigenvalue weighted by Gasteiger charge is -2.34. The second-order valence-corrected chi connectivity index (χ2v) is 5.75. The van der Waals surface area contributed by atoms with Crippen molar-refractivity contribution in [2.45, 2.75) is 38.6 Å². The predicted molar refractivity (Wildman–Crippen MR) is 75.9 cm³/mol. The molecule has 3 rings (SSSR count). The molecule has 6 nitrogen and oxygen atoms in total. The number of benzene rings is 1. The molecule has 0 radical (unpaired) electrons. The van der Waals surface area contributed by atoms with Gasteiger partial charge in [0, 0.05) is 24.2 Å². The van der Waals surface area contributed by atoms with E-state index in [2.05, 4.69) is 17.6 Å². The first kappa shape index (κ1) is 12.9. The van der Waals surface area contributed by atoms with Crippen LogP contribution in [0, 0.1) is 16.0 Å². The van der Waals surface area contributed by atoms with Crippen LogP contribution in [-0.4, -0.2) is 16.9 Å². The summed E-state index contributed by atoms with van der Waals surface area (Å²) in [6.45, 7) is 2.17. The molecule has 2 aliphatic rings. The summed E-state index contributed by atoms with van der Waals surface area (Å²) in [6.07, 6.45) is 3.00. The number of nitro groups is 1. The number of hydrogen-bond donors (Lipinski definition) is 2. The Bertz CT molecular complexity index is 579. The topological polar surface area (TPSA) is 84.3 Å². The van der Waals surface area contributed by atoms with E-state index in [1.807, 2.05) is 0 Å². The summed E-state index contributed by atoms with van der Waals surface area (Å²) in [6, 6.07) is 3.58. The first-order valence-corrected chi connectivity index (χ1v) is 6.90. The van der Waals surface area contributed by atoms with Gasteiger partial charge in [-0.3, -0.25) is 14.9 Å². The zero-order chi connectivity index (χ0) is 14.3. The molecule has 1 aliphatic heterocycles. The van der Waals surface area contributed by atoms with E-state index in [-0.39, 0.29) is 16.5 Å². The van der Waals surface area contributed by atoms with Gasteiger partial charge in [-0.05, 0) is 36.8 Å². The molecule has 0 spiro atoms. The van der Waals surface area contributed by atoms with Crippen molar-refractivity contribution in [3.05, 3.63) is 27.8 Å². The van der Waals surface area contributed by atoms with Gasteiger partial charge in [-0.1, -0.05) is 6.92 Å². The quantitative estimate of drug-likeness (QED) is 0.656. The van der Waals surface area contributed by atoms with Gasteiger partial charge in [0.15, 0.2) is 0 Å². The summed E-state index contributed by atoms with van der Waals surface area (Å²) in [5.74, 6) is 0.637. The number of fused-ring (bicyclic) bond motifs is 1. The van der Waals surface area contributed by atoms with Gasteiger partial charge in [-0.2, -0.15) is 0 Å². The third-order valence-corrected chi connectivity index (χ3v) is 4.05. The molecule has 1 amide bonds. The number of carbonyl (C=O) groups excluding carboxylic acids is 1. The minimum Gasteiger partial charge on any atom is -0.377 e. The van der Waals surface area contributed by atoms with E-state index in [9.17, 15) is 14.9 Å². The molecule has 1 saturated carbocycles. The fourth-order valence-electron chi connectivity index (χ4n) is 2.92. The van der Waals surface area contributed by atoms with Gasteiger partial charge in [0.1, 0.15) is 5.69 Å². The molecule has 2 N–H and O–H groups in total. The van der Waals surface area contributed by atoms with E-state index >= 15 is 0 Å². The summed E-state index contributed by atoms with van der Waals surface area (Å²) in [5.41, 5.74) is 2.14. The average molecular weight is 275 g/mol. The van der Waals surface area contributed by atoms with Crippen molar-refractivity contribution < 1.29 is 9.72 Å². The van der Waals surface area contributed by atoms with Gasteiger partial charge in [0.2, 0.25) is 5.91 Å². The lowest BCUT2D eigenvalue weighted by molar-refractivity contribution is -0.384. The maximum Gasteiger partial charge on any atom is 0.292 e. The van der Waals surface area contributed by atoms with E-state index in [0.29, 0.717) is 36.2 Å². The highest BCUT2D eigenvalue weighted by atomic mass is 16.6. The molecular weight excluding hydrogens is 258 g/mol. The van der Waals surface area contributed by atoms with Gasteiger partial charge in [-0.15, -0.1) is 0 Å². The van der Waals surface area contributed by atoms with Crippen molar-refractivity contribution in [1.29, 1.82) is 0 Å². The maximum atomic E-state index is 11.4. The summed E-state index contributed by atoms with van der Waals surface area (Å²) >= 11 is 0. The lowest BCUT2D eigenvalue weighted by atomic mass is 9.81. The molecule has 20 heavy (non-hydrogen) atoms. The maximum absolute atomic E-state index is 11.4. The normalized spacial score (nSPS) is 24.4. The van der Waals surface area contributed by atoms with Gasteiger partial charge < -0.3 is 10.6 Å². The zero-order valence-corrected chi connectivity index (χ0v) is 11.3. The van der Waals surface area contributed by atoms with Gasteiger partial charge in [-0.25, -0.2) is 0 Å². The predicted octanol–water partition coefficient (Wildman–Crippen LogP) is 2.69. The third-order valence-electron chi connectivity index (χ3n) is 4.05. The Kier molecular flexibility index (Phi) is 3.08. The minimum atomic E-state index is -0.360. The first-order valence-electron chi connectivity index (χ1n) is 6.90. The molecule has 1 fully saturated rings. The molecule has 0 atom stereocenters. The van der Waals surface area contributed by atoms with Crippen LogP contribution < -0.4 is 10.6 Å². The van der Waals surface area contributed by atoms with Crippen LogP contribution in [0.5, 0.6) is 0 Å². The SMILES string of the molecule is CC1CC(Nc2cc3c(cc2[N+](=O)[O-])CCC(=O)N3)C1. The summed E-state index contributed by atoms with van der Waals surface area (Å²) in [4.78, 5) is 22.3. The van der Waals surface area contributed by atoms with Crippen LogP contribution in [0.2, 0.25) is 0 Å². The van der Waals surface area contributed by atoms with Crippen LogP contribution in [0.25, 0.3) is 0 Å². The van der Waals surface area contributed by atoms with Crippen LogP contribution in [0.1, 0.15) is 31.7 Å². The number of amides is 1. The van der Waals surface area contributed by atoms with E-state index in [4.69, 9.17) is 0 Å². The molecule has 0 unspecified atom stereocenters. The molecule has 0 bridgehead atoms. The Balaban J connectivity index is 1.91. The Hall–Kier alpha value is -2.11. The highest BCUT2D eigenvalue weighted by molar-refractivity contribution is 5.95. The van der Waals surface area contributed by atoms with Crippen LogP contribution in [0.15, 0.2) is 12.1 Å². The van der Waals surface area contributed by atoms with E-state index in [1.165, 1.54) is 0 Å². The highest BCUT2D eigenvalue weighted by Crippen LogP contribution is 2.37. The molecule has 1 heterocycles. The van der Waals surface area contributed by atoms with Crippen molar-refractivity contribution in [1.82, 2.24) is 0 Å². The van der Waals surface area contributed by atoms with Crippen molar-refractivity contribution >= 4 is 23.0 Å². The van der Waals surface area contributed by atoms with Crippen LogP contribution in [0.3, 0.4) is 0 Å². The Labute approximate surface area is 116 Å². The number of nitrogens with one attached hydrogen (secondary N) is 2. The number of nitro benzene ring substituents is 1. The van der Waals surface area contributed by atoms with Crippen LogP contribution in [0.4, 0.5) is 17.1 Å². The Morgan fingerprint density at radius 1 is 1.35 bits per heavy atom. The molecule has 1 aromatic rings. The van der Waals surface area contributed by atoms with E-state index < -0.39 is 0 Å². The fourth-order valence-corrected chi connectivity index (χ4v) is 2.92. The van der Waals surface area contributed by atoms with Crippen molar-refractivity contribution in [3.8, 4) is 0 Å². The van der Waals surface area contributed by atoms with Gasteiger partial charge in [0.25, 0.3) is 5.69 Å². The minimum absolute atomic E-state index is 0.0328. The molecule has 1 aliphatic carbocycles. The van der Waals surface area contributed by atoms with E-state index in [0.717, 1.165) is 18.4 Å². The molecular formula is C14H17N3O3. The molecule has 0 saturated heterocycles. The summed E-state index contributed by atoms with van der Waals surface area (Å²) in [5, 5.41) is 17.2. The van der Waals surface area contributed by atoms with Gasteiger partial charge in [0.05, 0.1) is 4.92 Å².